The van der Waals surface area contributed by atoms with Gasteiger partial charge in [-0.3, -0.25) is 11.7 Å². The predicted octanol–water partition coefficient (Wildman–Crippen LogP) is -0.0556. The Kier molecular flexibility index (Phi) is 13.1. The molecule has 0 aliphatic rings. The first-order valence-corrected chi connectivity index (χ1v) is 2.93. The van der Waals surface area contributed by atoms with E-state index in [1.54, 1.807) is 0 Å². The Balaban J connectivity index is 0. The highest BCUT2D eigenvalue weighted by molar-refractivity contribution is 5.81. The van der Waals surface area contributed by atoms with Gasteiger partial charge >= 0.3 is 5.97 Å². The van der Waals surface area contributed by atoms with Crippen molar-refractivity contribution >= 4 is 5.97 Å². The van der Waals surface area contributed by atoms with E-state index in [0.717, 1.165) is 12.5 Å². The van der Waals surface area contributed by atoms with Gasteiger partial charge in [-0.2, -0.15) is 0 Å². The fraction of sp³-hybridized carbons (Fsp3) is 0.500. The second kappa shape index (κ2) is 11.0. The standard InChI is InChI=1S/C6H10O2.H4N2/c1-3-5-8-6(7)4-2;1-2/h4H,2-3,5H2,1H3;1-2H2. The van der Waals surface area contributed by atoms with Crippen LogP contribution in [0.1, 0.15) is 13.3 Å². The van der Waals surface area contributed by atoms with Crippen molar-refractivity contribution in [3.63, 3.8) is 0 Å². The molecule has 0 rings (SSSR count). The molecule has 4 N–H and O–H groups in total. The van der Waals surface area contributed by atoms with E-state index >= 15 is 0 Å². The van der Waals surface area contributed by atoms with Gasteiger partial charge in [0, 0.05) is 6.08 Å². The van der Waals surface area contributed by atoms with E-state index in [1.807, 2.05) is 6.92 Å². The molecule has 0 aliphatic carbocycles. The van der Waals surface area contributed by atoms with Crippen LogP contribution in [-0.4, -0.2) is 12.6 Å². The molecule has 0 radical (unpaired) electrons. The summed E-state index contributed by atoms with van der Waals surface area (Å²) in [6.07, 6.45) is 2.02. The molecule has 0 spiro atoms. The topological polar surface area (TPSA) is 78.3 Å². The minimum atomic E-state index is -0.341. The first-order chi connectivity index (χ1) is 4.81. The first kappa shape index (κ1) is 11.9. The molecule has 4 nitrogen and oxygen atoms in total. The number of carbonyl (C=O) groups is 1. The fourth-order valence-corrected chi connectivity index (χ4v) is 0.262. The molecule has 0 heterocycles. The lowest BCUT2D eigenvalue weighted by molar-refractivity contribution is -0.137. The van der Waals surface area contributed by atoms with Gasteiger partial charge in [-0.15, -0.1) is 0 Å². The third-order valence-electron chi connectivity index (χ3n) is 0.615. The maximum atomic E-state index is 10.2. The van der Waals surface area contributed by atoms with E-state index in [1.165, 1.54) is 0 Å². The van der Waals surface area contributed by atoms with E-state index < -0.39 is 0 Å². The summed E-state index contributed by atoms with van der Waals surface area (Å²) in [5.74, 6) is 7.66. The molecule has 0 fully saturated rings. The van der Waals surface area contributed by atoms with Crippen LogP contribution in [0.3, 0.4) is 0 Å². The minimum Gasteiger partial charge on any atom is -0.463 e. The molecular weight excluding hydrogens is 132 g/mol. The Morgan fingerprint density at radius 3 is 2.50 bits per heavy atom. The maximum Gasteiger partial charge on any atom is 0.330 e. The zero-order valence-corrected chi connectivity index (χ0v) is 6.17. The van der Waals surface area contributed by atoms with Crippen molar-refractivity contribution in [2.75, 3.05) is 6.61 Å². The summed E-state index contributed by atoms with van der Waals surface area (Å²) in [5.41, 5.74) is 0. The molecule has 0 aromatic rings. The summed E-state index contributed by atoms with van der Waals surface area (Å²) in [7, 11) is 0. The first-order valence-electron chi connectivity index (χ1n) is 2.93. The van der Waals surface area contributed by atoms with Gasteiger partial charge in [0.2, 0.25) is 0 Å². The van der Waals surface area contributed by atoms with Gasteiger partial charge in [0.05, 0.1) is 6.61 Å². The molecule has 0 atom stereocenters. The molecule has 0 bridgehead atoms. The van der Waals surface area contributed by atoms with Crippen LogP contribution in [0.2, 0.25) is 0 Å². The number of esters is 1. The lowest BCUT2D eigenvalue weighted by atomic mass is 10.5. The maximum absolute atomic E-state index is 10.2. The van der Waals surface area contributed by atoms with Gasteiger partial charge in [-0.1, -0.05) is 13.5 Å². The average Bonchev–Trinajstić information content (AvgIpc) is 2.04. The van der Waals surface area contributed by atoms with E-state index in [4.69, 9.17) is 0 Å². The molecular formula is C6H14N2O2. The van der Waals surface area contributed by atoms with Gasteiger partial charge < -0.3 is 4.74 Å². The number of ether oxygens (including phenoxy) is 1. The van der Waals surface area contributed by atoms with Crippen LogP contribution in [0.4, 0.5) is 0 Å². The molecule has 4 heteroatoms. The Hall–Kier alpha value is -0.870. The summed E-state index contributed by atoms with van der Waals surface area (Å²) in [5, 5.41) is 0. The average molecular weight is 146 g/mol. The van der Waals surface area contributed by atoms with Crippen LogP contribution in [0, 0.1) is 0 Å². The Labute approximate surface area is 60.8 Å². The van der Waals surface area contributed by atoms with Gasteiger partial charge in [0.25, 0.3) is 0 Å². The van der Waals surface area contributed by atoms with E-state index in [0.29, 0.717) is 6.61 Å². The molecule has 0 aromatic carbocycles. The summed E-state index contributed by atoms with van der Waals surface area (Å²) in [4.78, 5) is 10.2. The van der Waals surface area contributed by atoms with Crippen molar-refractivity contribution in [1.82, 2.24) is 0 Å². The van der Waals surface area contributed by atoms with Crippen LogP contribution in [0.15, 0.2) is 12.7 Å². The predicted molar refractivity (Wildman–Crippen MR) is 39.8 cm³/mol. The highest BCUT2D eigenvalue weighted by atomic mass is 16.5. The van der Waals surface area contributed by atoms with Crippen molar-refractivity contribution in [3.8, 4) is 0 Å². The number of hydrogen-bond acceptors (Lipinski definition) is 4. The SMILES string of the molecule is C=CC(=O)OCCC.NN. The number of carbonyl (C=O) groups excluding carboxylic acids is 1. The molecule has 0 unspecified atom stereocenters. The van der Waals surface area contributed by atoms with Crippen molar-refractivity contribution in [2.45, 2.75) is 13.3 Å². The van der Waals surface area contributed by atoms with Gasteiger partial charge in [-0.05, 0) is 6.42 Å². The van der Waals surface area contributed by atoms with E-state index in [9.17, 15) is 4.79 Å². The van der Waals surface area contributed by atoms with Crippen LogP contribution >= 0.6 is 0 Å². The third kappa shape index (κ3) is 10.2. The number of rotatable bonds is 3. The Morgan fingerprint density at radius 2 is 2.20 bits per heavy atom. The quantitative estimate of drug-likeness (QED) is 0.253. The zero-order chi connectivity index (χ0) is 8.41. The highest BCUT2D eigenvalue weighted by Gasteiger charge is 1.89. The van der Waals surface area contributed by atoms with E-state index in [-0.39, 0.29) is 5.97 Å². The lowest BCUT2D eigenvalue weighted by Crippen LogP contribution is -2.02. The fourth-order valence-electron chi connectivity index (χ4n) is 0.262. The molecule has 60 valence electrons. The van der Waals surface area contributed by atoms with Crippen LogP contribution in [-0.2, 0) is 9.53 Å². The summed E-state index contributed by atoms with van der Waals surface area (Å²) >= 11 is 0. The second-order valence-corrected chi connectivity index (χ2v) is 1.37. The normalized spacial score (nSPS) is 7.10. The van der Waals surface area contributed by atoms with Crippen LogP contribution < -0.4 is 11.7 Å². The Bertz CT molecular complexity index is 93.7. The van der Waals surface area contributed by atoms with Crippen molar-refractivity contribution in [3.05, 3.63) is 12.7 Å². The second-order valence-electron chi connectivity index (χ2n) is 1.37. The molecule has 0 aromatic heterocycles. The number of hydrazine groups is 1. The summed E-state index contributed by atoms with van der Waals surface area (Å²) in [6.45, 7) is 5.67. The molecule has 0 saturated carbocycles. The zero-order valence-electron chi connectivity index (χ0n) is 6.17. The van der Waals surface area contributed by atoms with Gasteiger partial charge in [0.1, 0.15) is 0 Å². The monoisotopic (exact) mass is 146 g/mol. The largest absolute Gasteiger partial charge is 0.463 e. The van der Waals surface area contributed by atoms with Crippen molar-refractivity contribution < 1.29 is 9.53 Å². The minimum absolute atomic E-state index is 0.341. The lowest BCUT2D eigenvalue weighted by Gasteiger charge is -1.94. The van der Waals surface area contributed by atoms with Crippen LogP contribution in [0.25, 0.3) is 0 Å². The van der Waals surface area contributed by atoms with E-state index in [2.05, 4.69) is 23.0 Å². The van der Waals surface area contributed by atoms with Crippen molar-refractivity contribution in [2.24, 2.45) is 11.7 Å². The number of nitrogens with two attached hydrogens (primary N) is 2. The summed E-state index contributed by atoms with van der Waals surface area (Å²) < 4.78 is 4.58. The molecule has 10 heavy (non-hydrogen) atoms. The van der Waals surface area contributed by atoms with Gasteiger partial charge in [0.15, 0.2) is 0 Å². The summed E-state index contributed by atoms with van der Waals surface area (Å²) in [6, 6.07) is 0. The van der Waals surface area contributed by atoms with Crippen LogP contribution in [0.5, 0.6) is 0 Å². The Morgan fingerprint density at radius 1 is 1.70 bits per heavy atom. The smallest absolute Gasteiger partial charge is 0.330 e. The molecule has 0 aliphatic heterocycles. The number of hydrogen-bond donors (Lipinski definition) is 2. The highest BCUT2D eigenvalue weighted by Crippen LogP contribution is 1.81. The van der Waals surface area contributed by atoms with Crippen molar-refractivity contribution in [1.29, 1.82) is 0 Å². The van der Waals surface area contributed by atoms with Gasteiger partial charge in [-0.25, -0.2) is 4.79 Å². The molecule has 0 amide bonds. The molecule has 0 saturated heterocycles. The third-order valence-corrected chi connectivity index (χ3v) is 0.615.